The van der Waals surface area contributed by atoms with Gasteiger partial charge in [0.25, 0.3) is 0 Å². The average Bonchev–Trinajstić information content (AvgIpc) is 2.84. The molecule has 0 fully saturated rings. The second-order valence-corrected chi connectivity index (χ2v) is 14.9. The van der Waals surface area contributed by atoms with Gasteiger partial charge < -0.3 is 19.3 Å². The van der Waals surface area contributed by atoms with E-state index in [2.05, 4.69) is 5.32 Å². The minimum atomic E-state index is -2.90. The molecule has 1 N–H and O–H groups in total. The number of para-hydroxylation sites is 1. The lowest BCUT2D eigenvalue weighted by Gasteiger charge is -2.19. The number of carbonyl (C=O) groups excluding carboxylic acids is 1. The first kappa shape index (κ1) is 22.9. The highest BCUT2D eigenvalue weighted by Gasteiger charge is 2.30. The van der Waals surface area contributed by atoms with Crippen LogP contribution < -0.4 is 14.6 Å². The van der Waals surface area contributed by atoms with Gasteiger partial charge in [-0.2, -0.15) is 0 Å². The number of amides is 1. The molecule has 6 nitrogen and oxygen atoms in total. The van der Waals surface area contributed by atoms with Crippen LogP contribution in [-0.4, -0.2) is 24.8 Å². The summed E-state index contributed by atoms with van der Waals surface area (Å²) in [5.74, 6) is -0.366. The molecule has 162 valence electrons. The fraction of sp³-hybridized carbons (Fsp3) is 0.381. The molecule has 0 aliphatic carbocycles. The minimum absolute atomic E-state index is 0.329. The lowest BCUT2D eigenvalue weighted by atomic mass is 10.1. The number of hydrogen-bond donors (Lipinski definition) is 1. The van der Waals surface area contributed by atoms with Gasteiger partial charge in [-0.1, -0.05) is 24.3 Å². The summed E-state index contributed by atoms with van der Waals surface area (Å²) in [6, 6.07) is 15.1. The molecule has 30 heavy (non-hydrogen) atoms. The third kappa shape index (κ3) is 7.18. The summed E-state index contributed by atoms with van der Waals surface area (Å²) in [6.07, 6.45) is -0.462. The fourth-order valence-corrected chi connectivity index (χ4v) is 8.76. The number of nitrogens with one attached hydrogen (secondary N) is 1. The van der Waals surface area contributed by atoms with E-state index >= 15 is 0 Å². The largest absolute Gasteiger partial charge is 0.492 e. The molecule has 2 aromatic rings. The molecule has 9 heteroatoms. The lowest BCUT2D eigenvalue weighted by molar-refractivity contribution is 0.0520. The van der Waals surface area contributed by atoms with Crippen LogP contribution in [-0.2, 0) is 20.8 Å². The molecule has 2 aromatic carbocycles. The van der Waals surface area contributed by atoms with Gasteiger partial charge in [-0.15, -0.1) is 0 Å². The highest BCUT2D eigenvalue weighted by molar-refractivity contribution is 8.89. The quantitative estimate of drug-likeness (QED) is 0.397. The van der Waals surface area contributed by atoms with Gasteiger partial charge >= 0.3 is 11.9 Å². The number of fused-ring (bicyclic) bond motifs is 1. The van der Waals surface area contributed by atoms with Crippen molar-refractivity contribution in [1.82, 2.24) is 5.32 Å². The molecule has 0 aromatic heterocycles. The molecular formula is C21H26NO5PS2. The zero-order valence-corrected chi connectivity index (χ0v) is 19.8. The third-order valence-electron chi connectivity index (χ3n) is 3.93. The second kappa shape index (κ2) is 10.0. The first-order valence-electron chi connectivity index (χ1n) is 9.58. The molecule has 1 aliphatic rings. The molecule has 0 bridgehead atoms. The maximum absolute atomic E-state index is 13.2. The number of benzene rings is 2. The van der Waals surface area contributed by atoms with Gasteiger partial charge in [-0.05, 0) is 78.9 Å². The maximum atomic E-state index is 13.2. The molecular weight excluding hydrogens is 441 g/mol. The van der Waals surface area contributed by atoms with E-state index in [4.69, 9.17) is 14.0 Å². The van der Waals surface area contributed by atoms with Crippen molar-refractivity contribution >= 4 is 34.6 Å². The van der Waals surface area contributed by atoms with E-state index in [1.165, 1.54) is 22.8 Å². The monoisotopic (exact) mass is 467 g/mol. The van der Waals surface area contributed by atoms with Crippen molar-refractivity contribution in [2.75, 3.05) is 13.2 Å². The van der Waals surface area contributed by atoms with Crippen molar-refractivity contribution in [2.45, 2.75) is 37.9 Å². The van der Waals surface area contributed by atoms with Crippen LogP contribution in [0.3, 0.4) is 0 Å². The van der Waals surface area contributed by atoms with E-state index in [9.17, 15) is 9.36 Å². The van der Waals surface area contributed by atoms with E-state index < -0.39 is 17.5 Å². The van der Waals surface area contributed by atoms with Crippen molar-refractivity contribution in [1.29, 1.82) is 0 Å². The fourth-order valence-electron chi connectivity index (χ4n) is 2.60. The van der Waals surface area contributed by atoms with Gasteiger partial charge in [0.2, 0.25) is 0 Å². The topological polar surface area (TPSA) is 73.9 Å². The first-order chi connectivity index (χ1) is 14.2. The molecule has 1 heterocycles. The molecule has 0 radical (unpaired) electrons. The van der Waals surface area contributed by atoms with E-state index in [-0.39, 0.29) is 0 Å². The molecule has 1 amide bonds. The van der Waals surface area contributed by atoms with Crippen LogP contribution in [0.4, 0.5) is 4.79 Å². The Morgan fingerprint density at radius 3 is 2.43 bits per heavy atom. The minimum Gasteiger partial charge on any atom is -0.492 e. The summed E-state index contributed by atoms with van der Waals surface area (Å²) in [6.45, 7) is 6.13. The average molecular weight is 468 g/mol. The van der Waals surface area contributed by atoms with E-state index in [1.54, 1.807) is 0 Å². The van der Waals surface area contributed by atoms with Crippen LogP contribution in [0.2, 0.25) is 0 Å². The normalized spacial score (nSPS) is 18.6. The van der Waals surface area contributed by atoms with Crippen molar-refractivity contribution in [3.63, 3.8) is 0 Å². The molecule has 0 saturated carbocycles. The summed E-state index contributed by atoms with van der Waals surface area (Å²) in [5, 5.41) is 2.67. The summed E-state index contributed by atoms with van der Waals surface area (Å²) in [5.41, 5.74) is 1.68. The zero-order chi connectivity index (χ0) is 21.6. The van der Waals surface area contributed by atoms with Crippen LogP contribution >= 0.6 is 28.5 Å². The maximum Gasteiger partial charge on any atom is 0.407 e. The van der Waals surface area contributed by atoms with Crippen LogP contribution in [0.5, 0.6) is 11.5 Å². The van der Waals surface area contributed by atoms with Gasteiger partial charge in [0, 0.05) is 11.5 Å². The summed E-state index contributed by atoms with van der Waals surface area (Å²) < 4.78 is 29.9. The third-order valence-corrected chi connectivity index (χ3v) is 10.9. The van der Waals surface area contributed by atoms with E-state index in [0.717, 1.165) is 11.1 Å². The Labute approximate surface area is 185 Å². The molecule has 1 unspecified atom stereocenters. The van der Waals surface area contributed by atoms with Crippen LogP contribution in [0, 0.1) is 0 Å². The SMILES string of the molecule is CC(C)(C)OC(=O)NCCOc1ccc2c(c1)CSP(=O)(Oc1ccccc1)SC2. The van der Waals surface area contributed by atoms with Crippen LogP contribution in [0.25, 0.3) is 0 Å². The Bertz CT molecular complexity index is 917. The predicted molar refractivity (Wildman–Crippen MR) is 123 cm³/mol. The van der Waals surface area contributed by atoms with Crippen molar-refractivity contribution in [2.24, 2.45) is 0 Å². The Balaban J connectivity index is 1.52. The van der Waals surface area contributed by atoms with Crippen molar-refractivity contribution < 1.29 is 23.4 Å². The number of ether oxygens (including phenoxy) is 2. The van der Waals surface area contributed by atoms with Gasteiger partial charge in [0.1, 0.15) is 23.7 Å². The Morgan fingerprint density at radius 1 is 1.03 bits per heavy atom. The van der Waals surface area contributed by atoms with Crippen molar-refractivity contribution in [3.05, 3.63) is 59.7 Å². The number of alkyl carbamates (subject to hydrolysis) is 1. The summed E-state index contributed by atoms with van der Waals surface area (Å²) in [7, 11) is 0. The molecule has 0 spiro atoms. The molecule has 1 aliphatic heterocycles. The van der Waals surface area contributed by atoms with Gasteiger partial charge in [-0.25, -0.2) is 4.79 Å². The standard InChI is InChI=1S/C21H26NO5PS2/c1-21(2,3)26-20(23)22-11-12-25-19-10-9-16-14-29-28(24,30-15-17(16)13-19)27-18-7-5-4-6-8-18/h4-10,13H,11-12,14-15H2,1-3H3,(H,22,23). The highest BCUT2D eigenvalue weighted by Crippen LogP contribution is 2.72. The van der Waals surface area contributed by atoms with Crippen LogP contribution in [0.1, 0.15) is 31.9 Å². The zero-order valence-electron chi connectivity index (χ0n) is 17.3. The summed E-state index contributed by atoms with van der Waals surface area (Å²) in [4.78, 5) is 11.7. The Hall–Kier alpha value is -1.76. The molecule has 0 saturated heterocycles. The van der Waals surface area contributed by atoms with Gasteiger partial charge in [0.15, 0.2) is 0 Å². The smallest absolute Gasteiger partial charge is 0.407 e. The number of carbonyl (C=O) groups is 1. The Kier molecular flexibility index (Phi) is 7.66. The predicted octanol–water partition coefficient (Wildman–Crippen LogP) is 6.26. The number of rotatable bonds is 6. The first-order valence-corrected chi connectivity index (χ1v) is 14.4. The van der Waals surface area contributed by atoms with Crippen molar-refractivity contribution in [3.8, 4) is 11.5 Å². The lowest BCUT2D eigenvalue weighted by Crippen LogP contribution is -2.34. The highest BCUT2D eigenvalue weighted by atomic mass is 33.1. The molecule has 1 atom stereocenters. The Morgan fingerprint density at radius 2 is 1.73 bits per heavy atom. The number of hydrogen-bond acceptors (Lipinski definition) is 7. The van der Waals surface area contributed by atoms with E-state index in [0.29, 0.717) is 36.2 Å². The molecule has 3 rings (SSSR count). The summed E-state index contributed by atoms with van der Waals surface area (Å²) >= 11 is 2.69. The van der Waals surface area contributed by atoms with E-state index in [1.807, 2.05) is 69.3 Å². The van der Waals surface area contributed by atoms with Gasteiger partial charge in [0.05, 0.1) is 6.54 Å². The van der Waals surface area contributed by atoms with Gasteiger partial charge in [-0.3, -0.25) is 4.57 Å². The van der Waals surface area contributed by atoms with Crippen LogP contribution in [0.15, 0.2) is 48.5 Å². The second-order valence-electron chi connectivity index (χ2n) is 7.61.